The molecule has 0 bridgehead atoms. The van der Waals surface area contributed by atoms with Crippen LogP contribution in [-0.2, 0) is 16.0 Å². The van der Waals surface area contributed by atoms with Crippen LogP contribution >= 0.6 is 0 Å². The SMILES string of the molecule is CC[C@H]1CCCCN1C(=O)C[C@H](NCCCc1ccccc1)C(=O)N[C@@H](C)c1nc2c(F)cccc2[nH]1. The highest BCUT2D eigenvalue weighted by Gasteiger charge is 2.30. The van der Waals surface area contributed by atoms with Crippen molar-refractivity contribution in [1.29, 1.82) is 0 Å². The van der Waals surface area contributed by atoms with Crippen LogP contribution in [0.3, 0.4) is 0 Å². The molecule has 7 nitrogen and oxygen atoms in total. The van der Waals surface area contributed by atoms with Crippen molar-refractivity contribution < 1.29 is 14.0 Å². The number of piperidine rings is 1. The second-order valence-electron chi connectivity index (χ2n) is 9.93. The molecule has 2 aromatic carbocycles. The van der Waals surface area contributed by atoms with Crippen molar-refractivity contribution in [2.75, 3.05) is 13.1 Å². The summed E-state index contributed by atoms with van der Waals surface area (Å²) in [5.41, 5.74) is 2.07. The number of fused-ring (bicyclic) bond motifs is 1. The molecule has 1 fully saturated rings. The van der Waals surface area contributed by atoms with Gasteiger partial charge in [0.2, 0.25) is 11.8 Å². The van der Waals surface area contributed by atoms with E-state index >= 15 is 0 Å². The van der Waals surface area contributed by atoms with Gasteiger partial charge in [0.15, 0.2) is 5.82 Å². The average Bonchev–Trinajstić information content (AvgIpc) is 3.37. The predicted molar refractivity (Wildman–Crippen MR) is 143 cm³/mol. The molecule has 0 spiro atoms. The Hall–Kier alpha value is -3.26. The largest absolute Gasteiger partial charge is 0.345 e. The van der Waals surface area contributed by atoms with E-state index in [1.165, 1.54) is 11.6 Å². The summed E-state index contributed by atoms with van der Waals surface area (Å²) in [6, 6.07) is 14.1. The van der Waals surface area contributed by atoms with Gasteiger partial charge in [-0.1, -0.05) is 43.3 Å². The second-order valence-corrected chi connectivity index (χ2v) is 9.93. The molecule has 4 rings (SSSR count). The van der Waals surface area contributed by atoms with E-state index in [0.29, 0.717) is 17.9 Å². The Bertz CT molecular complexity index is 1180. The molecule has 0 radical (unpaired) electrons. The Labute approximate surface area is 218 Å². The van der Waals surface area contributed by atoms with Crippen molar-refractivity contribution in [1.82, 2.24) is 25.5 Å². The van der Waals surface area contributed by atoms with E-state index in [9.17, 15) is 14.0 Å². The molecule has 1 aliphatic heterocycles. The van der Waals surface area contributed by atoms with Crippen molar-refractivity contribution in [2.24, 2.45) is 0 Å². The van der Waals surface area contributed by atoms with Crippen LogP contribution in [0.15, 0.2) is 48.5 Å². The van der Waals surface area contributed by atoms with Gasteiger partial charge in [0, 0.05) is 12.6 Å². The van der Waals surface area contributed by atoms with Gasteiger partial charge < -0.3 is 20.5 Å². The lowest BCUT2D eigenvalue weighted by Crippen LogP contribution is -2.50. The summed E-state index contributed by atoms with van der Waals surface area (Å²) in [6.45, 7) is 5.28. The molecule has 0 saturated carbocycles. The summed E-state index contributed by atoms with van der Waals surface area (Å²) in [4.78, 5) is 36.1. The number of H-pyrrole nitrogens is 1. The van der Waals surface area contributed by atoms with Gasteiger partial charge >= 0.3 is 0 Å². The molecule has 2 heterocycles. The number of carbonyl (C=O) groups excluding carboxylic acids is 2. The van der Waals surface area contributed by atoms with Gasteiger partial charge in [-0.05, 0) is 69.7 Å². The summed E-state index contributed by atoms with van der Waals surface area (Å²) < 4.78 is 14.1. The minimum atomic E-state index is -0.661. The van der Waals surface area contributed by atoms with Crippen LogP contribution < -0.4 is 10.6 Å². The Morgan fingerprint density at radius 3 is 2.73 bits per heavy atom. The van der Waals surface area contributed by atoms with Gasteiger partial charge in [-0.3, -0.25) is 9.59 Å². The summed E-state index contributed by atoms with van der Waals surface area (Å²) in [7, 11) is 0. The molecule has 3 N–H and O–H groups in total. The minimum absolute atomic E-state index is 0.0146. The number of nitrogens with one attached hydrogen (secondary N) is 3. The lowest BCUT2D eigenvalue weighted by Gasteiger charge is -2.36. The monoisotopic (exact) mass is 507 g/mol. The number of nitrogens with zero attached hydrogens (tertiary/aromatic N) is 2. The van der Waals surface area contributed by atoms with Gasteiger partial charge in [0.25, 0.3) is 0 Å². The summed E-state index contributed by atoms with van der Waals surface area (Å²) in [5, 5.41) is 6.32. The van der Waals surface area contributed by atoms with Crippen LogP contribution in [0.4, 0.5) is 4.39 Å². The van der Waals surface area contributed by atoms with Crippen LogP contribution in [0, 0.1) is 5.82 Å². The van der Waals surface area contributed by atoms with Crippen molar-refractivity contribution in [3.8, 4) is 0 Å². The lowest BCUT2D eigenvalue weighted by atomic mass is 9.98. The van der Waals surface area contributed by atoms with E-state index in [1.807, 2.05) is 23.1 Å². The molecule has 2 amide bonds. The summed E-state index contributed by atoms with van der Waals surface area (Å²) in [5.74, 6) is -0.175. The fourth-order valence-electron chi connectivity index (χ4n) is 5.12. The number of amides is 2. The van der Waals surface area contributed by atoms with E-state index in [-0.39, 0.29) is 29.8 Å². The molecule has 1 aromatic heterocycles. The highest BCUT2D eigenvalue weighted by Crippen LogP contribution is 2.22. The molecular formula is C29H38FN5O2. The molecular weight excluding hydrogens is 469 g/mol. The van der Waals surface area contributed by atoms with E-state index in [1.54, 1.807) is 19.1 Å². The Kier molecular flexibility index (Phi) is 9.28. The molecule has 0 aliphatic carbocycles. The lowest BCUT2D eigenvalue weighted by molar-refractivity contribution is -0.138. The number of para-hydroxylation sites is 1. The standard InChI is InChI=1S/C29H38FN5O2/c1-3-22-14-7-8-18-35(22)26(36)19-25(31-17-10-13-21-11-5-4-6-12-21)29(37)32-20(2)28-33-24-16-9-15-23(30)27(24)34-28/h4-6,9,11-12,15-16,20,22,25,31H,3,7-8,10,13-14,17-19H2,1-2H3,(H,32,37)(H,33,34)/t20-,22-,25-/m0/s1. The maximum Gasteiger partial charge on any atom is 0.238 e. The van der Waals surface area contributed by atoms with Gasteiger partial charge in [-0.25, -0.2) is 9.37 Å². The molecule has 37 heavy (non-hydrogen) atoms. The number of aromatic nitrogens is 2. The predicted octanol–water partition coefficient (Wildman–Crippen LogP) is 4.65. The van der Waals surface area contributed by atoms with Crippen LogP contribution in [-0.4, -0.2) is 51.9 Å². The van der Waals surface area contributed by atoms with Crippen LogP contribution in [0.2, 0.25) is 0 Å². The van der Waals surface area contributed by atoms with Crippen molar-refractivity contribution in [3.05, 3.63) is 65.7 Å². The molecule has 1 aliphatic rings. The Morgan fingerprint density at radius 1 is 1.16 bits per heavy atom. The number of imidazole rings is 1. The van der Waals surface area contributed by atoms with Gasteiger partial charge in [0.1, 0.15) is 11.3 Å². The molecule has 0 unspecified atom stereocenters. The molecule has 198 valence electrons. The van der Waals surface area contributed by atoms with E-state index in [0.717, 1.165) is 45.1 Å². The topological polar surface area (TPSA) is 90.1 Å². The van der Waals surface area contributed by atoms with Gasteiger partial charge in [-0.15, -0.1) is 0 Å². The number of aromatic amines is 1. The molecule has 3 atom stereocenters. The third-order valence-electron chi connectivity index (χ3n) is 7.24. The average molecular weight is 508 g/mol. The Balaban J connectivity index is 1.42. The first-order valence-corrected chi connectivity index (χ1v) is 13.5. The first-order valence-electron chi connectivity index (χ1n) is 13.5. The minimum Gasteiger partial charge on any atom is -0.345 e. The number of carbonyl (C=O) groups is 2. The van der Waals surface area contributed by atoms with Gasteiger partial charge in [0.05, 0.1) is 24.0 Å². The maximum atomic E-state index is 14.1. The molecule has 8 heteroatoms. The van der Waals surface area contributed by atoms with E-state index < -0.39 is 17.9 Å². The van der Waals surface area contributed by atoms with Crippen molar-refractivity contribution in [3.63, 3.8) is 0 Å². The fourth-order valence-corrected chi connectivity index (χ4v) is 5.12. The first-order chi connectivity index (χ1) is 18.0. The van der Waals surface area contributed by atoms with Crippen LogP contribution in [0.1, 0.15) is 69.8 Å². The normalized spacial score (nSPS) is 17.5. The zero-order chi connectivity index (χ0) is 26.2. The third kappa shape index (κ3) is 6.95. The van der Waals surface area contributed by atoms with Gasteiger partial charge in [-0.2, -0.15) is 0 Å². The van der Waals surface area contributed by atoms with Crippen molar-refractivity contribution in [2.45, 2.75) is 76.9 Å². The zero-order valence-electron chi connectivity index (χ0n) is 21.8. The maximum absolute atomic E-state index is 14.1. The second kappa shape index (κ2) is 12.8. The number of hydrogen-bond donors (Lipinski definition) is 3. The van der Waals surface area contributed by atoms with Crippen molar-refractivity contribution >= 4 is 22.8 Å². The number of likely N-dealkylation sites (tertiary alicyclic amines) is 1. The Morgan fingerprint density at radius 2 is 1.97 bits per heavy atom. The third-order valence-corrected chi connectivity index (χ3v) is 7.24. The highest BCUT2D eigenvalue weighted by atomic mass is 19.1. The number of hydrogen-bond acceptors (Lipinski definition) is 4. The van der Waals surface area contributed by atoms with Crippen LogP contribution in [0.25, 0.3) is 11.0 Å². The number of rotatable bonds is 11. The number of benzene rings is 2. The molecule has 3 aromatic rings. The number of halogens is 1. The number of aryl methyl sites for hydroxylation is 1. The van der Waals surface area contributed by atoms with E-state index in [4.69, 9.17) is 0 Å². The molecule has 1 saturated heterocycles. The highest BCUT2D eigenvalue weighted by molar-refractivity contribution is 5.88. The zero-order valence-corrected chi connectivity index (χ0v) is 21.8. The first kappa shape index (κ1) is 26.8. The summed E-state index contributed by atoms with van der Waals surface area (Å²) >= 11 is 0. The smallest absolute Gasteiger partial charge is 0.238 e. The van der Waals surface area contributed by atoms with Crippen LogP contribution in [0.5, 0.6) is 0 Å². The van der Waals surface area contributed by atoms with E-state index in [2.05, 4.69) is 39.7 Å². The fraction of sp³-hybridized carbons (Fsp3) is 0.483. The quantitative estimate of drug-likeness (QED) is 0.330. The summed E-state index contributed by atoms with van der Waals surface area (Å²) in [6.07, 6.45) is 5.93.